The minimum Gasteiger partial charge on any atom is -0.381 e. The Labute approximate surface area is 118 Å². The van der Waals surface area contributed by atoms with Crippen LogP contribution in [0.1, 0.15) is 41.9 Å². The normalized spacial score (nSPS) is 20.8. The quantitative estimate of drug-likeness (QED) is 0.895. The number of ether oxygens (including phenoxy) is 1. The molecular weight excluding hydrogens is 262 g/mol. The number of thioether (sulfide) groups is 1. The van der Waals surface area contributed by atoms with Crippen molar-refractivity contribution < 1.29 is 4.74 Å². The maximum Gasteiger partial charge on any atom is 0.0547 e. The Balaban J connectivity index is 2.07. The van der Waals surface area contributed by atoms with Gasteiger partial charge < -0.3 is 10.5 Å². The summed E-state index contributed by atoms with van der Waals surface area (Å²) in [6, 6.07) is 2.47. The molecule has 4 heteroatoms. The van der Waals surface area contributed by atoms with E-state index in [2.05, 4.69) is 37.1 Å². The van der Waals surface area contributed by atoms with Crippen molar-refractivity contribution in [3.8, 4) is 0 Å². The summed E-state index contributed by atoms with van der Waals surface area (Å²) in [4.78, 5) is 1.47. The van der Waals surface area contributed by atoms with Crippen LogP contribution in [0.3, 0.4) is 0 Å². The van der Waals surface area contributed by atoms with Gasteiger partial charge in [-0.15, -0.1) is 23.1 Å². The predicted octanol–water partition coefficient (Wildman–Crippen LogP) is 3.75. The van der Waals surface area contributed by atoms with Gasteiger partial charge in [-0.1, -0.05) is 6.92 Å². The molecule has 1 aliphatic rings. The molecule has 0 bridgehead atoms. The van der Waals surface area contributed by atoms with Gasteiger partial charge in [-0.2, -0.15) is 0 Å². The largest absolute Gasteiger partial charge is 0.381 e. The van der Waals surface area contributed by atoms with Gasteiger partial charge in [0, 0.05) is 29.4 Å². The second-order valence-electron chi connectivity index (χ2n) is 4.91. The van der Waals surface area contributed by atoms with E-state index in [9.17, 15) is 0 Å². The molecular formula is C14H23NOS2. The summed E-state index contributed by atoms with van der Waals surface area (Å²) in [5, 5.41) is 3.35. The van der Waals surface area contributed by atoms with Gasteiger partial charge in [0.05, 0.1) is 5.25 Å². The SMILES string of the molecule is CCC(N)C(SC1CCOCC1)c1sccc1C. The third-order valence-electron chi connectivity index (χ3n) is 3.53. The van der Waals surface area contributed by atoms with Gasteiger partial charge in [0.25, 0.3) is 0 Å². The lowest BCUT2D eigenvalue weighted by molar-refractivity contribution is 0.0999. The molecule has 18 heavy (non-hydrogen) atoms. The zero-order valence-corrected chi connectivity index (χ0v) is 12.9. The van der Waals surface area contributed by atoms with Crippen LogP contribution in [0.25, 0.3) is 0 Å². The molecule has 2 nitrogen and oxygen atoms in total. The van der Waals surface area contributed by atoms with E-state index >= 15 is 0 Å². The van der Waals surface area contributed by atoms with Gasteiger partial charge >= 0.3 is 0 Å². The number of hydrogen-bond acceptors (Lipinski definition) is 4. The summed E-state index contributed by atoms with van der Waals surface area (Å²) < 4.78 is 5.44. The van der Waals surface area contributed by atoms with E-state index in [0.29, 0.717) is 10.5 Å². The summed E-state index contributed by atoms with van der Waals surface area (Å²) in [6.45, 7) is 6.21. The van der Waals surface area contributed by atoms with Crippen LogP contribution in [0.4, 0.5) is 0 Å². The number of nitrogens with two attached hydrogens (primary N) is 1. The van der Waals surface area contributed by atoms with Crippen LogP contribution in [0, 0.1) is 6.92 Å². The second-order valence-corrected chi connectivity index (χ2v) is 7.30. The molecule has 1 aliphatic heterocycles. The average molecular weight is 285 g/mol. The van der Waals surface area contributed by atoms with E-state index in [4.69, 9.17) is 10.5 Å². The van der Waals surface area contributed by atoms with Gasteiger partial charge in [-0.25, -0.2) is 0 Å². The molecule has 0 aliphatic carbocycles. The van der Waals surface area contributed by atoms with Gasteiger partial charge in [-0.3, -0.25) is 0 Å². The molecule has 1 saturated heterocycles. The predicted molar refractivity (Wildman–Crippen MR) is 81.5 cm³/mol. The first kappa shape index (κ1) is 14.4. The smallest absolute Gasteiger partial charge is 0.0547 e. The Morgan fingerprint density at radius 3 is 2.78 bits per heavy atom. The van der Waals surface area contributed by atoms with Crippen molar-refractivity contribution in [3.05, 3.63) is 21.9 Å². The fourth-order valence-corrected chi connectivity index (χ4v) is 5.16. The fraction of sp³-hybridized carbons (Fsp3) is 0.714. The molecule has 1 aromatic heterocycles. The molecule has 2 heterocycles. The molecule has 2 unspecified atom stereocenters. The number of rotatable bonds is 5. The molecule has 102 valence electrons. The van der Waals surface area contributed by atoms with E-state index in [0.717, 1.165) is 19.6 Å². The van der Waals surface area contributed by atoms with E-state index in [-0.39, 0.29) is 6.04 Å². The van der Waals surface area contributed by atoms with Crippen molar-refractivity contribution in [2.45, 2.75) is 49.7 Å². The van der Waals surface area contributed by atoms with E-state index < -0.39 is 0 Å². The minimum atomic E-state index is 0.259. The topological polar surface area (TPSA) is 35.2 Å². The van der Waals surface area contributed by atoms with E-state index in [1.54, 1.807) is 0 Å². The zero-order chi connectivity index (χ0) is 13.0. The molecule has 2 N–H and O–H groups in total. The van der Waals surface area contributed by atoms with Gasteiger partial charge in [0.2, 0.25) is 0 Å². The van der Waals surface area contributed by atoms with Crippen molar-refractivity contribution in [1.29, 1.82) is 0 Å². The Kier molecular flexibility index (Phi) is 5.55. The van der Waals surface area contributed by atoms with Crippen LogP contribution in [0.5, 0.6) is 0 Å². The monoisotopic (exact) mass is 285 g/mol. The second kappa shape index (κ2) is 6.94. The van der Waals surface area contributed by atoms with Crippen LogP contribution in [-0.2, 0) is 4.74 Å². The number of aryl methyl sites for hydroxylation is 1. The maximum atomic E-state index is 6.35. The molecule has 2 rings (SSSR count). The van der Waals surface area contributed by atoms with Crippen LogP contribution in [0.15, 0.2) is 11.4 Å². The van der Waals surface area contributed by atoms with Gasteiger partial charge in [0.1, 0.15) is 0 Å². The lowest BCUT2D eigenvalue weighted by Crippen LogP contribution is -2.28. The number of thiophene rings is 1. The van der Waals surface area contributed by atoms with Crippen molar-refractivity contribution in [2.24, 2.45) is 5.73 Å². The summed E-state index contributed by atoms with van der Waals surface area (Å²) in [5.74, 6) is 0. The molecule has 0 radical (unpaired) electrons. The average Bonchev–Trinajstić information content (AvgIpc) is 2.82. The summed E-state index contributed by atoms with van der Waals surface area (Å²) in [5.41, 5.74) is 7.75. The zero-order valence-electron chi connectivity index (χ0n) is 11.2. The van der Waals surface area contributed by atoms with Gasteiger partial charge in [0.15, 0.2) is 0 Å². The van der Waals surface area contributed by atoms with Crippen molar-refractivity contribution >= 4 is 23.1 Å². The van der Waals surface area contributed by atoms with E-state index in [1.165, 1.54) is 23.3 Å². The first-order chi connectivity index (χ1) is 8.72. The summed E-state index contributed by atoms with van der Waals surface area (Å²) in [6.07, 6.45) is 3.38. The highest BCUT2D eigenvalue weighted by molar-refractivity contribution is 8.00. The van der Waals surface area contributed by atoms with Crippen LogP contribution >= 0.6 is 23.1 Å². The van der Waals surface area contributed by atoms with Crippen LogP contribution in [0.2, 0.25) is 0 Å². The molecule has 1 aromatic rings. The highest BCUT2D eigenvalue weighted by Gasteiger charge is 2.26. The Hall–Kier alpha value is -0.0300. The molecule has 1 fully saturated rings. The third-order valence-corrected chi connectivity index (χ3v) is 6.51. The highest BCUT2D eigenvalue weighted by Crippen LogP contribution is 2.42. The fourth-order valence-electron chi connectivity index (χ4n) is 2.27. The first-order valence-electron chi connectivity index (χ1n) is 6.75. The summed E-state index contributed by atoms with van der Waals surface area (Å²) in [7, 11) is 0. The lowest BCUT2D eigenvalue weighted by Gasteiger charge is -2.29. The van der Waals surface area contributed by atoms with Crippen molar-refractivity contribution in [3.63, 3.8) is 0 Å². The molecule has 0 saturated carbocycles. The number of hydrogen-bond donors (Lipinski definition) is 1. The van der Waals surface area contributed by atoms with Crippen molar-refractivity contribution in [1.82, 2.24) is 0 Å². The standard InChI is InChI=1S/C14H23NOS2/c1-3-12(15)14(13-10(2)6-9-17-13)18-11-4-7-16-8-5-11/h6,9,11-12,14H,3-5,7-8,15H2,1-2H3. The first-order valence-corrected chi connectivity index (χ1v) is 8.57. The van der Waals surface area contributed by atoms with Crippen LogP contribution < -0.4 is 5.73 Å². The van der Waals surface area contributed by atoms with Crippen LogP contribution in [-0.4, -0.2) is 24.5 Å². The minimum absolute atomic E-state index is 0.259. The molecule has 0 amide bonds. The molecule has 0 spiro atoms. The molecule has 2 atom stereocenters. The Bertz CT molecular complexity index is 360. The van der Waals surface area contributed by atoms with Gasteiger partial charge in [-0.05, 0) is 43.2 Å². The lowest BCUT2D eigenvalue weighted by atomic mass is 10.1. The molecule has 0 aromatic carbocycles. The van der Waals surface area contributed by atoms with Crippen molar-refractivity contribution in [2.75, 3.05) is 13.2 Å². The maximum absolute atomic E-state index is 6.35. The third kappa shape index (κ3) is 3.50. The highest BCUT2D eigenvalue weighted by atomic mass is 32.2. The summed E-state index contributed by atoms with van der Waals surface area (Å²) >= 11 is 3.93. The Morgan fingerprint density at radius 2 is 2.22 bits per heavy atom. The Morgan fingerprint density at radius 1 is 1.50 bits per heavy atom. The van der Waals surface area contributed by atoms with E-state index in [1.807, 2.05) is 11.3 Å².